The normalized spacial score (nSPS) is 12.3. The molecule has 0 radical (unpaired) electrons. The Bertz CT molecular complexity index is 539. The maximum Gasteiger partial charge on any atom is 0.115 e. The molecule has 0 aliphatic carbocycles. The number of phenols is 1. The quantitative estimate of drug-likeness (QED) is 0.605. The maximum absolute atomic E-state index is 9.36. The lowest BCUT2D eigenvalue weighted by atomic mass is 9.93. The van der Waals surface area contributed by atoms with Crippen LogP contribution in [0.3, 0.4) is 0 Å². The molecule has 1 atom stereocenters. The molecule has 0 saturated carbocycles. The highest BCUT2D eigenvalue weighted by molar-refractivity contribution is 5.30. The molecule has 2 aromatic carbocycles. The molecule has 2 rings (SSSR count). The van der Waals surface area contributed by atoms with Crippen molar-refractivity contribution in [1.29, 1.82) is 0 Å². The largest absolute Gasteiger partial charge is 0.508 e. The molecule has 118 valence electrons. The van der Waals surface area contributed by atoms with Crippen molar-refractivity contribution in [2.24, 2.45) is 0 Å². The fourth-order valence-electron chi connectivity index (χ4n) is 2.87. The van der Waals surface area contributed by atoms with Crippen LogP contribution in [0.1, 0.15) is 62.1 Å². The van der Waals surface area contributed by atoms with E-state index in [-0.39, 0.29) is 0 Å². The SMILES string of the molecule is CCCCCCc1ccc(CC(C)c2ccc(O)cc2)cc1. The Morgan fingerprint density at radius 3 is 2.09 bits per heavy atom. The van der Waals surface area contributed by atoms with E-state index in [1.165, 1.54) is 48.8 Å². The maximum atomic E-state index is 9.36. The van der Waals surface area contributed by atoms with Crippen molar-refractivity contribution in [2.45, 2.75) is 58.3 Å². The summed E-state index contributed by atoms with van der Waals surface area (Å²) in [5.41, 5.74) is 4.12. The summed E-state index contributed by atoms with van der Waals surface area (Å²) in [7, 11) is 0. The monoisotopic (exact) mass is 296 g/mol. The number of phenolic OH excluding ortho intramolecular Hbond substituents is 1. The van der Waals surface area contributed by atoms with Crippen molar-refractivity contribution in [3.63, 3.8) is 0 Å². The van der Waals surface area contributed by atoms with Crippen molar-refractivity contribution in [2.75, 3.05) is 0 Å². The number of hydrogen-bond donors (Lipinski definition) is 1. The van der Waals surface area contributed by atoms with Gasteiger partial charge in [-0.05, 0) is 54.0 Å². The van der Waals surface area contributed by atoms with Gasteiger partial charge in [-0.25, -0.2) is 0 Å². The minimum atomic E-state index is 0.336. The van der Waals surface area contributed by atoms with Gasteiger partial charge in [0.25, 0.3) is 0 Å². The fourth-order valence-corrected chi connectivity index (χ4v) is 2.87. The van der Waals surface area contributed by atoms with Gasteiger partial charge in [0.05, 0.1) is 0 Å². The molecule has 0 bridgehead atoms. The summed E-state index contributed by atoms with van der Waals surface area (Å²) >= 11 is 0. The lowest BCUT2D eigenvalue weighted by Crippen LogP contribution is -1.98. The zero-order valence-electron chi connectivity index (χ0n) is 13.9. The standard InChI is InChI=1S/C21H28O/c1-3-4-5-6-7-18-8-10-19(11-9-18)16-17(2)20-12-14-21(22)15-13-20/h8-15,17,22H,3-7,16H2,1-2H3. The minimum Gasteiger partial charge on any atom is -0.508 e. The van der Waals surface area contributed by atoms with Crippen LogP contribution < -0.4 is 0 Å². The third-order valence-corrected chi connectivity index (χ3v) is 4.35. The van der Waals surface area contributed by atoms with Crippen LogP contribution in [0.4, 0.5) is 0 Å². The average Bonchev–Trinajstić information content (AvgIpc) is 2.54. The Balaban J connectivity index is 1.86. The van der Waals surface area contributed by atoms with Crippen LogP contribution in [0, 0.1) is 0 Å². The summed E-state index contributed by atoms with van der Waals surface area (Å²) < 4.78 is 0. The van der Waals surface area contributed by atoms with Crippen molar-refractivity contribution < 1.29 is 5.11 Å². The van der Waals surface area contributed by atoms with Crippen LogP contribution in [0.25, 0.3) is 0 Å². The number of hydrogen-bond acceptors (Lipinski definition) is 1. The van der Waals surface area contributed by atoms with Crippen LogP contribution in [-0.2, 0) is 12.8 Å². The summed E-state index contributed by atoms with van der Waals surface area (Å²) in [4.78, 5) is 0. The van der Waals surface area contributed by atoms with Crippen molar-refractivity contribution in [1.82, 2.24) is 0 Å². The van der Waals surface area contributed by atoms with Crippen LogP contribution in [0.2, 0.25) is 0 Å². The zero-order chi connectivity index (χ0) is 15.8. The molecule has 0 saturated heterocycles. The van der Waals surface area contributed by atoms with E-state index in [1.54, 1.807) is 12.1 Å². The van der Waals surface area contributed by atoms with Crippen molar-refractivity contribution >= 4 is 0 Å². The van der Waals surface area contributed by atoms with Gasteiger partial charge in [-0.2, -0.15) is 0 Å². The highest BCUT2D eigenvalue weighted by Crippen LogP contribution is 2.22. The summed E-state index contributed by atoms with van der Waals surface area (Å²) in [5.74, 6) is 0.805. The summed E-state index contributed by atoms with van der Waals surface area (Å²) in [6, 6.07) is 16.7. The third kappa shape index (κ3) is 5.22. The van der Waals surface area contributed by atoms with Crippen molar-refractivity contribution in [3.05, 3.63) is 65.2 Å². The highest BCUT2D eigenvalue weighted by Gasteiger charge is 2.07. The van der Waals surface area contributed by atoms with E-state index in [2.05, 4.69) is 38.1 Å². The van der Waals surface area contributed by atoms with E-state index in [0.717, 1.165) is 6.42 Å². The van der Waals surface area contributed by atoms with Gasteiger partial charge in [0.2, 0.25) is 0 Å². The molecule has 1 N–H and O–H groups in total. The molecule has 0 spiro atoms. The Morgan fingerprint density at radius 2 is 1.45 bits per heavy atom. The molecule has 22 heavy (non-hydrogen) atoms. The van der Waals surface area contributed by atoms with Crippen LogP contribution in [-0.4, -0.2) is 5.11 Å². The van der Waals surface area contributed by atoms with E-state index in [4.69, 9.17) is 0 Å². The predicted molar refractivity (Wildman–Crippen MR) is 94.5 cm³/mol. The molecule has 0 aromatic heterocycles. The van der Waals surface area contributed by atoms with E-state index >= 15 is 0 Å². The molecule has 1 heteroatoms. The molecule has 0 aliphatic rings. The van der Waals surface area contributed by atoms with E-state index < -0.39 is 0 Å². The van der Waals surface area contributed by atoms with Gasteiger partial charge in [-0.1, -0.05) is 69.5 Å². The van der Waals surface area contributed by atoms with Gasteiger partial charge in [0.15, 0.2) is 0 Å². The Morgan fingerprint density at radius 1 is 0.818 bits per heavy atom. The first-order valence-corrected chi connectivity index (χ1v) is 8.55. The van der Waals surface area contributed by atoms with Crippen molar-refractivity contribution in [3.8, 4) is 5.75 Å². The molecule has 1 nitrogen and oxygen atoms in total. The Kier molecular flexibility index (Phi) is 6.51. The molecule has 1 unspecified atom stereocenters. The first-order chi connectivity index (χ1) is 10.7. The summed E-state index contributed by atoms with van der Waals surface area (Å²) in [6.45, 7) is 4.50. The molecular weight excluding hydrogens is 268 g/mol. The van der Waals surface area contributed by atoms with Gasteiger partial charge in [0.1, 0.15) is 5.75 Å². The molecule has 0 heterocycles. The van der Waals surface area contributed by atoms with E-state index in [9.17, 15) is 5.11 Å². The lowest BCUT2D eigenvalue weighted by molar-refractivity contribution is 0.475. The second kappa shape index (κ2) is 8.63. The average molecular weight is 296 g/mol. The molecule has 2 aromatic rings. The smallest absolute Gasteiger partial charge is 0.115 e. The van der Waals surface area contributed by atoms with E-state index in [1.807, 2.05) is 12.1 Å². The topological polar surface area (TPSA) is 20.2 Å². The van der Waals surface area contributed by atoms with Gasteiger partial charge in [-0.15, -0.1) is 0 Å². The number of benzene rings is 2. The fraction of sp³-hybridized carbons (Fsp3) is 0.429. The van der Waals surface area contributed by atoms with Gasteiger partial charge in [0, 0.05) is 0 Å². The predicted octanol–water partition coefficient (Wildman–Crippen LogP) is 5.86. The minimum absolute atomic E-state index is 0.336. The van der Waals surface area contributed by atoms with Crippen LogP contribution >= 0.6 is 0 Å². The molecule has 0 amide bonds. The summed E-state index contributed by atoms with van der Waals surface area (Å²) in [6.07, 6.45) is 7.54. The van der Waals surface area contributed by atoms with E-state index in [0.29, 0.717) is 11.7 Å². The second-order valence-corrected chi connectivity index (χ2v) is 6.32. The summed E-state index contributed by atoms with van der Waals surface area (Å²) in [5, 5.41) is 9.36. The molecular formula is C21H28O. The lowest BCUT2D eigenvalue weighted by Gasteiger charge is -2.12. The highest BCUT2D eigenvalue weighted by atomic mass is 16.3. The number of aromatic hydroxyl groups is 1. The van der Waals surface area contributed by atoms with Gasteiger partial charge in [-0.3, -0.25) is 0 Å². The van der Waals surface area contributed by atoms with Gasteiger partial charge < -0.3 is 5.11 Å². The van der Waals surface area contributed by atoms with Crippen LogP contribution in [0.5, 0.6) is 5.75 Å². The number of unbranched alkanes of at least 4 members (excludes halogenated alkanes) is 3. The van der Waals surface area contributed by atoms with Crippen LogP contribution in [0.15, 0.2) is 48.5 Å². The zero-order valence-corrected chi connectivity index (χ0v) is 13.9. The molecule has 0 aliphatic heterocycles. The molecule has 0 fully saturated rings. The van der Waals surface area contributed by atoms with Gasteiger partial charge >= 0.3 is 0 Å². The first-order valence-electron chi connectivity index (χ1n) is 8.55. The number of aryl methyl sites for hydroxylation is 1. The second-order valence-electron chi connectivity index (χ2n) is 6.32. The number of rotatable bonds is 8. The Hall–Kier alpha value is -1.76. The third-order valence-electron chi connectivity index (χ3n) is 4.35. The Labute approximate surface area is 135 Å². The first kappa shape index (κ1) is 16.6.